The zero-order valence-corrected chi connectivity index (χ0v) is 11.4. The summed E-state index contributed by atoms with van der Waals surface area (Å²) in [6.07, 6.45) is 1.09. The predicted octanol–water partition coefficient (Wildman–Crippen LogP) is -1.48. The van der Waals surface area contributed by atoms with Gasteiger partial charge >= 0.3 is 0 Å². The number of hydrogen-bond donors (Lipinski definition) is 1. The number of carbonyl (C=O) groups is 1. The molecule has 0 aromatic carbocycles. The minimum Gasteiger partial charge on any atom is -0.335 e. The van der Waals surface area contributed by atoms with Crippen molar-refractivity contribution in [1.82, 2.24) is 9.80 Å². The highest BCUT2D eigenvalue weighted by Gasteiger charge is 2.34. The van der Waals surface area contributed by atoms with Crippen molar-refractivity contribution in [2.45, 2.75) is 18.2 Å². The summed E-state index contributed by atoms with van der Waals surface area (Å²) in [7, 11) is -1.38. The van der Waals surface area contributed by atoms with E-state index in [0.29, 0.717) is 19.6 Å². The van der Waals surface area contributed by atoms with Gasteiger partial charge in [0, 0.05) is 32.4 Å². The van der Waals surface area contributed by atoms with Gasteiger partial charge in [-0.25, -0.2) is 8.42 Å². The average molecular weight is 263 g/mol. The Labute approximate surface area is 103 Å². The number of piperazine rings is 1. The Morgan fingerprint density at radius 3 is 2.53 bits per heavy atom. The summed E-state index contributed by atoms with van der Waals surface area (Å²) in [5.74, 6) is -0.337. The maximum absolute atomic E-state index is 12.1. The van der Waals surface area contributed by atoms with E-state index in [-0.39, 0.29) is 11.9 Å². The maximum atomic E-state index is 12.1. The van der Waals surface area contributed by atoms with Crippen molar-refractivity contribution in [3.05, 3.63) is 0 Å². The first-order valence-corrected chi connectivity index (χ1v) is 7.60. The molecule has 0 aliphatic carbocycles. The number of likely N-dealkylation sites (N-methyl/N-ethyl adjacent to an activating group) is 1. The van der Waals surface area contributed by atoms with Crippen LogP contribution in [0.15, 0.2) is 0 Å². The number of sulfone groups is 1. The van der Waals surface area contributed by atoms with E-state index in [4.69, 9.17) is 5.73 Å². The van der Waals surface area contributed by atoms with E-state index in [1.807, 2.05) is 7.05 Å². The van der Waals surface area contributed by atoms with Gasteiger partial charge in [-0.2, -0.15) is 0 Å². The molecular formula is C10H21N3O3S. The van der Waals surface area contributed by atoms with Crippen LogP contribution in [0.25, 0.3) is 0 Å². The molecule has 0 bridgehead atoms. The monoisotopic (exact) mass is 263 g/mol. The lowest BCUT2D eigenvalue weighted by Gasteiger charge is -2.40. The van der Waals surface area contributed by atoms with Crippen molar-refractivity contribution in [2.24, 2.45) is 5.73 Å². The highest BCUT2D eigenvalue weighted by molar-refractivity contribution is 7.92. The van der Waals surface area contributed by atoms with E-state index in [1.54, 1.807) is 4.90 Å². The van der Waals surface area contributed by atoms with Crippen LogP contribution in [0.4, 0.5) is 0 Å². The molecule has 2 atom stereocenters. The van der Waals surface area contributed by atoms with Gasteiger partial charge in [0.05, 0.1) is 6.04 Å². The van der Waals surface area contributed by atoms with Crippen LogP contribution >= 0.6 is 0 Å². The summed E-state index contributed by atoms with van der Waals surface area (Å²) in [4.78, 5) is 15.8. The largest absolute Gasteiger partial charge is 0.335 e. The lowest BCUT2D eigenvalue weighted by atomic mass is 10.1. The molecule has 1 heterocycles. The first-order valence-electron chi connectivity index (χ1n) is 5.65. The molecule has 7 heteroatoms. The van der Waals surface area contributed by atoms with E-state index < -0.39 is 15.1 Å². The second-order valence-electron chi connectivity index (χ2n) is 4.66. The van der Waals surface area contributed by atoms with Crippen LogP contribution in [0, 0.1) is 0 Å². The Morgan fingerprint density at radius 1 is 1.47 bits per heavy atom. The number of hydrogen-bond acceptors (Lipinski definition) is 5. The molecule has 0 aromatic rings. The number of nitrogens with zero attached hydrogens (tertiary/aromatic N) is 2. The Morgan fingerprint density at radius 2 is 2.06 bits per heavy atom. The molecule has 1 aliphatic rings. The zero-order chi connectivity index (χ0) is 13.2. The smallest absolute Gasteiger partial charge is 0.240 e. The van der Waals surface area contributed by atoms with Crippen LogP contribution in [0.1, 0.15) is 6.92 Å². The fraction of sp³-hybridized carbons (Fsp3) is 0.900. The van der Waals surface area contributed by atoms with Gasteiger partial charge in [-0.15, -0.1) is 0 Å². The molecule has 100 valence electrons. The third-order valence-corrected chi connectivity index (χ3v) is 4.72. The van der Waals surface area contributed by atoms with E-state index in [0.717, 1.165) is 12.8 Å². The maximum Gasteiger partial charge on any atom is 0.240 e. The first-order chi connectivity index (χ1) is 7.77. The summed E-state index contributed by atoms with van der Waals surface area (Å²) in [6, 6.07) is -0.0922. The van der Waals surface area contributed by atoms with Gasteiger partial charge in [0.1, 0.15) is 5.25 Å². The Bertz CT molecular complexity index is 382. The fourth-order valence-electron chi connectivity index (χ4n) is 1.92. The standard InChI is InChI=1S/C10H21N3O3S/c1-8(17(3,15)16)10(14)13-5-4-12(2)7-9(13)6-11/h8-9H,4-7,11H2,1-3H3. The van der Waals surface area contributed by atoms with E-state index in [2.05, 4.69) is 4.90 Å². The fourth-order valence-corrected chi connectivity index (χ4v) is 2.42. The van der Waals surface area contributed by atoms with Crippen LogP contribution in [0.5, 0.6) is 0 Å². The molecule has 0 saturated carbocycles. The topological polar surface area (TPSA) is 83.7 Å². The van der Waals surface area contributed by atoms with Crippen LogP contribution in [0.3, 0.4) is 0 Å². The number of nitrogens with two attached hydrogens (primary N) is 1. The van der Waals surface area contributed by atoms with Gasteiger partial charge in [0.25, 0.3) is 0 Å². The molecular weight excluding hydrogens is 242 g/mol. The van der Waals surface area contributed by atoms with Gasteiger partial charge in [0.2, 0.25) is 5.91 Å². The molecule has 2 unspecified atom stereocenters. The second kappa shape index (κ2) is 5.32. The SMILES string of the molecule is CC(C(=O)N1CCN(C)CC1CN)S(C)(=O)=O. The second-order valence-corrected chi connectivity index (χ2v) is 7.02. The van der Waals surface area contributed by atoms with E-state index in [1.165, 1.54) is 6.92 Å². The molecule has 1 saturated heterocycles. The lowest BCUT2D eigenvalue weighted by molar-refractivity contribution is -0.134. The third kappa shape index (κ3) is 3.40. The summed E-state index contributed by atoms with van der Waals surface area (Å²) in [5, 5.41) is -0.986. The molecule has 0 aromatic heterocycles. The van der Waals surface area contributed by atoms with Crippen molar-refractivity contribution in [2.75, 3.05) is 39.5 Å². The number of carbonyl (C=O) groups excluding carboxylic acids is 1. The molecule has 1 rings (SSSR count). The van der Waals surface area contributed by atoms with Gasteiger partial charge in [-0.05, 0) is 14.0 Å². The van der Waals surface area contributed by atoms with E-state index in [9.17, 15) is 13.2 Å². The van der Waals surface area contributed by atoms with Gasteiger partial charge < -0.3 is 15.5 Å². The van der Waals surface area contributed by atoms with Crippen molar-refractivity contribution < 1.29 is 13.2 Å². The predicted molar refractivity (Wildman–Crippen MR) is 66.4 cm³/mol. The third-order valence-electron chi connectivity index (χ3n) is 3.23. The van der Waals surface area contributed by atoms with Crippen molar-refractivity contribution in [3.63, 3.8) is 0 Å². The van der Waals surface area contributed by atoms with Crippen molar-refractivity contribution in [1.29, 1.82) is 0 Å². The Hall–Kier alpha value is -0.660. The minimum absolute atomic E-state index is 0.0922. The molecule has 17 heavy (non-hydrogen) atoms. The Kier molecular flexibility index (Phi) is 4.51. The molecule has 2 N–H and O–H groups in total. The van der Waals surface area contributed by atoms with Crippen LogP contribution in [-0.4, -0.2) is 74.9 Å². The summed E-state index contributed by atoms with van der Waals surface area (Å²) >= 11 is 0. The summed E-state index contributed by atoms with van der Waals surface area (Å²) in [5.41, 5.74) is 5.63. The molecule has 0 spiro atoms. The molecule has 1 fully saturated rings. The van der Waals surface area contributed by atoms with Gasteiger partial charge in [0.15, 0.2) is 9.84 Å². The van der Waals surface area contributed by atoms with Crippen molar-refractivity contribution >= 4 is 15.7 Å². The van der Waals surface area contributed by atoms with Crippen LogP contribution < -0.4 is 5.73 Å². The van der Waals surface area contributed by atoms with Crippen molar-refractivity contribution in [3.8, 4) is 0 Å². The molecule has 6 nitrogen and oxygen atoms in total. The average Bonchev–Trinajstić information content (AvgIpc) is 2.25. The molecule has 1 amide bonds. The van der Waals surface area contributed by atoms with Gasteiger partial charge in [-0.1, -0.05) is 0 Å². The number of rotatable bonds is 3. The zero-order valence-electron chi connectivity index (χ0n) is 10.6. The lowest BCUT2D eigenvalue weighted by Crippen LogP contribution is -2.59. The van der Waals surface area contributed by atoms with E-state index >= 15 is 0 Å². The normalized spacial score (nSPS) is 24.7. The van der Waals surface area contributed by atoms with Crippen LogP contribution in [0.2, 0.25) is 0 Å². The Balaban J connectivity index is 2.81. The van der Waals surface area contributed by atoms with Gasteiger partial charge in [-0.3, -0.25) is 4.79 Å². The van der Waals surface area contributed by atoms with Crippen LogP contribution in [-0.2, 0) is 14.6 Å². The quantitative estimate of drug-likeness (QED) is 0.671. The number of amides is 1. The minimum atomic E-state index is -3.34. The molecule has 0 radical (unpaired) electrons. The molecule has 1 aliphatic heterocycles. The summed E-state index contributed by atoms with van der Waals surface area (Å²) < 4.78 is 22.8. The highest BCUT2D eigenvalue weighted by atomic mass is 32.2. The summed E-state index contributed by atoms with van der Waals surface area (Å²) in [6.45, 7) is 3.77. The highest BCUT2D eigenvalue weighted by Crippen LogP contribution is 2.12. The first kappa shape index (κ1) is 14.4.